The van der Waals surface area contributed by atoms with Gasteiger partial charge in [0, 0.05) is 37.8 Å². The Kier molecular flexibility index (Phi) is 6.63. The molecule has 9 heteroatoms. The van der Waals surface area contributed by atoms with Crippen LogP contribution in [-0.4, -0.2) is 55.5 Å². The Labute approximate surface area is 211 Å². The van der Waals surface area contributed by atoms with Crippen molar-refractivity contribution in [1.29, 1.82) is 0 Å². The standard InChI is InChI=1S/C27H33N7O2/c1-27(2,3)36-26(35)33-12-10-20(11-13-33)23-15-22-24(28-18-29-25(22)32-23)31-21-16-30-34(17-21)14-9-19-7-5-4-6-8-19/h4-8,10,16-18,23H,9,11-15H2,1-3H3,(H2,28,29,31,32). The maximum Gasteiger partial charge on any atom is 0.410 e. The summed E-state index contributed by atoms with van der Waals surface area (Å²) in [4.78, 5) is 23.1. The summed E-state index contributed by atoms with van der Waals surface area (Å²) >= 11 is 0. The Hall–Kier alpha value is -3.88. The van der Waals surface area contributed by atoms with Gasteiger partial charge in [-0.2, -0.15) is 5.10 Å². The second-order valence-electron chi connectivity index (χ2n) is 10.3. The molecule has 0 saturated heterocycles. The van der Waals surface area contributed by atoms with Crippen LogP contribution in [0.1, 0.15) is 38.3 Å². The smallest absolute Gasteiger partial charge is 0.410 e. The van der Waals surface area contributed by atoms with Gasteiger partial charge in [0.15, 0.2) is 0 Å². The molecule has 2 aliphatic rings. The summed E-state index contributed by atoms with van der Waals surface area (Å²) in [5.41, 5.74) is 4.05. The molecule has 9 nitrogen and oxygen atoms in total. The Balaban J connectivity index is 1.20. The molecule has 0 spiro atoms. The lowest BCUT2D eigenvalue weighted by Gasteiger charge is -2.31. The van der Waals surface area contributed by atoms with E-state index in [1.807, 2.05) is 43.9 Å². The van der Waals surface area contributed by atoms with E-state index >= 15 is 0 Å². The normalized spacial score (nSPS) is 17.2. The van der Waals surface area contributed by atoms with Crippen LogP contribution < -0.4 is 10.6 Å². The molecular weight excluding hydrogens is 454 g/mol. The molecule has 4 heterocycles. The number of benzene rings is 1. The third kappa shape index (κ3) is 5.67. The predicted octanol–water partition coefficient (Wildman–Crippen LogP) is 4.56. The summed E-state index contributed by atoms with van der Waals surface area (Å²) < 4.78 is 7.45. The molecule has 0 bridgehead atoms. The summed E-state index contributed by atoms with van der Waals surface area (Å²) in [5.74, 6) is 1.65. The zero-order chi connectivity index (χ0) is 25.1. The van der Waals surface area contributed by atoms with Crippen LogP contribution in [0.3, 0.4) is 0 Å². The van der Waals surface area contributed by atoms with E-state index in [0.29, 0.717) is 13.1 Å². The summed E-state index contributed by atoms with van der Waals surface area (Å²) in [6, 6.07) is 10.6. The number of hydrogen-bond acceptors (Lipinski definition) is 7. The van der Waals surface area contributed by atoms with Gasteiger partial charge < -0.3 is 20.3 Å². The molecule has 0 aliphatic carbocycles. The minimum absolute atomic E-state index is 0.145. The van der Waals surface area contributed by atoms with Gasteiger partial charge in [0.25, 0.3) is 0 Å². The molecule has 1 aromatic carbocycles. The van der Waals surface area contributed by atoms with Crippen LogP contribution in [-0.2, 0) is 24.1 Å². The highest BCUT2D eigenvalue weighted by molar-refractivity contribution is 5.70. The van der Waals surface area contributed by atoms with Crippen LogP contribution in [0.15, 0.2) is 60.7 Å². The average molecular weight is 488 g/mol. The molecule has 2 aliphatic heterocycles. The highest BCUT2D eigenvalue weighted by Gasteiger charge is 2.31. The fourth-order valence-electron chi connectivity index (χ4n) is 4.55. The molecule has 3 aromatic rings. The third-order valence-corrected chi connectivity index (χ3v) is 6.38. The minimum atomic E-state index is -0.490. The van der Waals surface area contributed by atoms with E-state index in [2.05, 4.69) is 56.0 Å². The van der Waals surface area contributed by atoms with Gasteiger partial charge >= 0.3 is 6.09 Å². The van der Waals surface area contributed by atoms with Crippen molar-refractivity contribution in [3.63, 3.8) is 0 Å². The highest BCUT2D eigenvalue weighted by atomic mass is 16.6. The van der Waals surface area contributed by atoms with Crippen LogP contribution in [0.25, 0.3) is 0 Å². The number of aromatic nitrogens is 4. The van der Waals surface area contributed by atoms with E-state index in [1.54, 1.807) is 11.2 Å². The molecule has 2 N–H and O–H groups in total. The molecule has 188 valence electrons. The van der Waals surface area contributed by atoms with Gasteiger partial charge in [0.05, 0.1) is 17.9 Å². The van der Waals surface area contributed by atoms with Crippen LogP contribution in [0, 0.1) is 0 Å². The topological polar surface area (TPSA) is 97.2 Å². The predicted molar refractivity (Wildman–Crippen MR) is 139 cm³/mol. The number of nitrogens with one attached hydrogen (secondary N) is 2. The van der Waals surface area contributed by atoms with Crippen molar-refractivity contribution in [1.82, 2.24) is 24.6 Å². The summed E-state index contributed by atoms with van der Waals surface area (Å²) in [5, 5.41) is 11.5. The quantitative estimate of drug-likeness (QED) is 0.492. The SMILES string of the molecule is CC(C)(C)OC(=O)N1CC=C(C2Cc3c(Nc4cnn(CCc5ccccc5)c4)ncnc3N2)CC1. The molecule has 2 aromatic heterocycles. The number of carbonyl (C=O) groups excluding carboxylic acids is 1. The lowest BCUT2D eigenvalue weighted by atomic mass is 9.97. The van der Waals surface area contributed by atoms with Crippen molar-refractivity contribution in [2.45, 2.75) is 58.2 Å². The van der Waals surface area contributed by atoms with Crippen LogP contribution in [0.4, 0.5) is 22.1 Å². The second kappa shape index (κ2) is 10.0. The molecule has 36 heavy (non-hydrogen) atoms. The molecule has 1 atom stereocenters. The molecule has 0 radical (unpaired) electrons. The number of ether oxygens (including phenoxy) is 1. The zero-order valence-electron chi connectivity index (χ0n) is 21.1. The van der Waals surface area contributed by atoms with Gasteiger partial charge in [-0.15, -0.1) is 0 Å². The van der Waals surface area contributed by atoms with Crippen molar-refractivity contribution in [2.24, 2.45) is 0 Å². The van der Waals surface area contributed by atoms with Gasteiger partial charge in [-0.3, -0.25) is 4.68 Å². The molecule has 0 saturated carbocycles. The Morgan fingerprint density at radius 1 is 1.22 bits per heavy atom. The van der Waals surface area contributed by atoms with Gasteiger partial charge in [-0.05, 0) is 44.7 Å². The monoisotopic (exact) mass is 487 g/mol. The third-order valence-electron chi connectivity index (χ3n) is 6.38. The van der Waals surface area contributed by atoms with Crippen LogP contribution in [0.2, 0.25) is 0 Å². The lowest BCUT2D eigenvalue weighted by Crippen LogP contribution is -2.40. The Morgan fingerprint density at radius 3 is 2.81 bits per heavy atom. The minimum Gasteiger partial charge on any atom is -0.444 e. The first-order chi connectivity index (χ1) is 17.3. The Morgan fingerprint density at radius 2 is 2.06 bits per heavy atom. The number of hydrogen-bond donors (Lipinski definition) is 2. The second-order valence-corrected chi connectivity index (χ2v) is 10.3. The number of rotatable bonds is 6. The van der Waals surface area contributed by atoms with Gasteiger partial charge in [0.2, 0.25) is 0 Å². The van der Waals surface area contributed by atoms with Gasteiger partial charge in [-0.1, -0.05) is 36.4 Å². The number of amides is 1. The van der Waals surface area contributed by atoms with E-state index in [9.17, 15) is 4.79 Å². The Bertz CT molecular complexity index is 1250. The first-order valence-corrected chi connectivity index (χ1v) is 12.4. The first-order valence-electron chi connectivity index (χ1n) is 12.4. The van der Waals surface area contributed by atoms with Crippen molar-refractivity contribution in [3.05, 3.63) is 71.8 Å². The van der Waals surface area contributed by atoms with Crippen molar-refractivity contribution >= 4 is 23.4 Å². The zero-order valence-corrected chi connectivity index (χ0v) is 21.1. The first kappa shape index (κ1) is 23.8. The van der Waals surface area contributed by atoms with Crippen LogP contribution in [0.5, 0.6) is 0 Å². The van der Waals surface area contributed by atoms with E-state index in [0.717, 1.165) is 48.7 Å². The van der Waals surface area contributed by atoms with Gasteiger partial charge in [-0.25, -0.2) is 14.8 Å². The number of carbonyl (C=O) groups is 1. The fourth-order valence-corrected chi connectivity index (χ4v) is 4.55. The molecule has 0 fully saturated rings. The maximum absolute atomic E-state index is 12.4. The molecule has 1 amide bonds. The van der Waals surface area contributed by atoms with Crippen molar-refractivity contribution in [3.8, 4) is 0 Å². The fraction of sp³-hybridized carbons (Fsp3) is 0.407. The highest BCUT2D eigenvalue weighted by Crippen LogP contribution is 2.34. The summed E-state index contributed by atoms with van der Waals surface area (Å²) in [6.07, 6.45) is 9.80. The number of nitrogens with zero attached hydrogens (tertiary/aromatic N) is 5. The largest absolute Gasteiger partial charge is 0.444 e. The van der Waals surface area contributed by atoms with Crippen molar-refractivity contribution < 1.29 is 9.53 Å². The lowest BCUT2D eigenvalue weighted by molar-refractivity contribution is 0.0265. The number of fused-ring (bicyclic) bond motifs is 1. The van der Waals surface area contributed by atoms with Crippen molar-refractivity contribution in [2.75, 3.05) is 23.7 Å². The summed E-state index contributed by atoms with van der Waals surface area (Å²) in [7, 11) is 0. The van der Waals surface area contributed by atoms with E-state index in [4.69, 9.17) is 4.74 Å². The number of anilines is 3. The summed E-state index contributed by atoms with van der Waals surface area (Å²) in [6.45, 7) is 7.67. The average Bonchev–Trinajstić information content (AvgIpc) is 3.50. The maximum atomic E-state index is 12.4. The number of aryl methyl sites for hydroxylation is 2. The van der Waals surface area contributed by atoms with E-state index < -0.39 is 5.60 Å². The molecule has 1 unspecified atom stereocenters. The van der Waals surface area contributed by atoms with E-state index in [-0.39, 0.29) is 12.1 Å². The molecule has 5 rings (SSSR count). The van der Waals surface area contributed by atoms with Gasteiger partial charge in [0.1, 0.15) is 23.6 Å². The molecular formula is C27H33N7O2. The van der Waals surface area contributed by atoms with Crippen LogP contribution >= 0.6 is 0 Å². The van der Waals surface area contributed by atoms with E-state index in [1.165, 1.54) is 11.1 Å².